The number of nitrogens with zero attached hydrogens (tertiary/aromatic N) is 2. The molecule has 0 aliphatic heterocycles. The van der Waals surface area contributed by atoms with Gasteiger partial charge >= 0.3 is 6.18 Å². The first-order valence-electron chi connectivity index (χ1n) is 3.18. The van der Waals surface area contributed by atoms with Gasteiger partial charge in [0.25, 0.3) is 6.43 Å². The highest BCUT2D eigenvalue weighted by atomic mass is 19.4. The number of rotatable bonds is 2. The minimum Gasteiger partial charge on any atom is -0.254 e. The molecule has 1 aromatic rings. The smallest absolute Gasteiger partial charge is 0.254 e. The molecule has 2 nitrogen and oxygen atoms in total. The van der Waals surface area contributed by atoms with E-state index in [9.17, 15) is 22.0 Å². The maximum absolute atomic E-state index is 12.0. The quantitative estimate of drug-likeness (QED) is 0.667. The third-order valence-corrected chi connectivity index (χ3v) is 1.22. The molecule has 1 rings (SSSR count). The Hall–Kier alpha value is -1.14. The fraction of sp³-hybridized carbons (Fsp3) is 0.500. The molecule has 0 aromatic carbocycles. The van der Waals surface area contributed by atoms with E-state index in [1.54, 1.807) is 0 Å². The molecule has 0 atom stereocenters. The lowest BCUT2D eigenvalue weighted by atomic mass is 10.4. The Morgan fingerprint density at radius 3 is 2.54 bits per heavy atom. The first-order chi connectivity index (χ1) is 5.90. The Balaban J connectivity index is 2.83. The van der Waals surface area contributed by atoms with Gasteiger partial charge in [-0.3, -0.25) is 4.68 Å². The predicted molar refractivity (Wildman–Crippen MR) is 32.1 cm³/mol. The number of aromatic nitrogens is 2. The number of hydrogen-bond donors (Lipinski definition) is 0. The average molecular weight is 199 g/mol. The Labute approximate surface area is 70.0 Å². The molecule has 0 N–H and O–H groups in total. The van der Waals surface area contributed by atoms with Gasteiger partial charge in [-0.15, -0.1) is 0 Å². The summed E-state index contributed by atoms with van der Waals surface area (Å²) < 4.78 is 59.4. The normalized spacial score (nSPS) is 12.5. The van der Waals surface area contributed by atoms with Crippen LogP contribution in [-0.2, 0) is 6.54 Å². The zero-order valence-electron chi connectivity index (χ0n) is 6.15. The van der Waals surface area contributed by atoms with E-state index in [4.69, 9.17) is 0 Å². The first-order valence-corrected chi connectivity index (χ1v) is 3.18. The highest BCUT2D eigenvalue weighted by molar-refractivity contribution is 4.99. The van der Waals surface area contributed by atoms with Crippen LogP contribution in [0.1, 0.15) is 12.1 Å². The average Bonchev–Trinajstić information content (AvgIpc) is 2.31. The van der Waals surface area contributed by atoms with Crippen molar-refractivity contribution in [2.24, 2.45) is 0 Å². The van der Waals surface area contributed by atoms with Crippen LogP contribution in [0, 0.1) is 6.07 Å². The molecule has 13 heavy (non-hydrogen) atoms. The summed E-state index contributed by atoms with van der Waals surface area (Å²) in [6, 6.07) is 1.93. The van der Waals surface area contributed by atoms with Gasteiger partial charge in [0.1, 0.15) is 12.2 Å². The van der Waals surface area contributed by atoms with Gasteiger partial charge in [-0.2, -0.15) is 18.3 Å². The Kier molecular flexibility index (Phi) is 2.53. The summed E-state index contributed by atoms with van der Waals surface area (Å²) in [7, 11) is 0. The zero-order chi connectivity index (χ0) is 10.1. The first kappa shape index (κ1) is 9.94. The SMILES string of the molecule is FC(F)c1[c]cnn1CC(F)(F)F. The van der Waals surface area contributed by atoms with Crippen LogP contribution in [0.2, 0.25) is 0 Å². The van der Waals surface area contributed by atoms with E-state index in [1.807, 2.05) is 6.07 Å². The van der Waals surface area contributed by atoms with Crippen molar-refractivity contribution in [2.75, 3.05) is 0 Å². The second-order valence-electron chi connectivity index (χ2n) is 2.25. The Morgan fingerprint density at radius 2 is 2.08 bits per heavy atom. The van der Waals surface area contributed by atoms with Gasteiger partial charge in [0.05, 0.1) is 6.20 Å². The molecule has 0 saturated carbocycles. The molecule has 0 aliphatic carbocycles. The van der Waals surface area contributed by atoms with Crippen molar-refractivity contribution in [1.82, 2.24) is 9.78 Å². The Morgan fingerprint density at radius 1 is 1.46 bits per heavy atom. The van der Waals surface area contributed by atoms with Crippen LogP contribution in [0.25, 0.3) is 0 Å². The summed E-state index contributed by atoms with van der Waals surface area (Å²) in [6.45, 7) is -1.52. The van der Waals surface area contributed by atoms with Crippen molar-refractivity contribution in [3.8, 4) is 0 Å². The minimum atomic E-state index is -4.55. The largest absolute Gasteiger partial charge is 0.408 e. The molecule has 0 amide bonds. The van der Waals surface area contributed by atoms with E-state index < -0.39 is 24.8 Å². The van der Waals surface area contributed by atoms with Crippen LogP contribution in [0.4, 0.5) is 22.0 Å². The lowest BCUT2D eigenvalue weighted by molar-refractivity contribution is -0.143. The molecule has 73 valence electrons. The predicted octanol–water partition coefficient (Wildman–Crippen LogP) is 2.18. The number of halogens is 5. The van der Waals surface area contributed by atoms with Gasteiger partial charge in [0, 0.05) is 6.07 Å². The highest BCUT2D eigenvalue weighted by Gasteiger charge is 2.30. The second kappa shape index (κ2) is 3.31. The molecule has 7 heteroatoms. The molecular formula is C6H4F5N2. The number of alkyl halides is 5. The van der Waals surface area contributed by atoms with E-state index in [0.29, 0.717) is 0 Å². The van der Waals surface area contributed by atoms with Gasteiger partial charge in [-0.1, -0.05) is 0 Å². The summed E-state index contributed by atoms with van der Waals surface area (Å²) in [4.78, 5) is 0. The lowest BCUT2D eigenvalue weighted by Gasteiger charge is -2.08. The van der Waals surface area contributed by atoms with Crippen LogP contribution < -0.4 is 0 Å². The molecule has 1 radical (unpaired) electrons. The summed E-state index contributed by atoms with van der Waals surface area (Å²) in [6.07, 6.45) is -6.76. The third-order valence-electron chi connectivity index (χ3n) is 1.22. The maximum Gasteiger partial charge on any atom is 0.408 e. The van der Waals surface area contributed by atoms with Gasteiger partial charge in [-0.25, -0.2) is 8.78 Å². The lowest BCUT2D eigenvalue weighted by Crippen LogP contribution is -2.20. The van der Waals surface area contributed by atoms with Crippen molar-refractivity contribution >= 4 is 0 Å². The van der Waals surface area contributed by atoms with Crippen LogP contribution in [0.15, 0.2) is 6.20 Å². The molecule has 0 fully saturated rings. The molecular weight excluding hydrogens is 195 g/mol. The van der Waals surface area contributed by atoms with Gasteiger partial charge in [0.15, 0.2) is 0 Å². The van der Waals surface area contributed by atoms with Gasteiger partial charge in [0.2, 0.25) is 0 Å². The third kappa shape index (κ3) is 2.67. The molecule has 0 unspecified atom stereocenters. The van der Waals surface area contributed by atoms with E-state index >= 15 is 0 Å². The van der Waals surface area contributed by atoms with Crippen molar-refractivity contribution in [1.29, 1.82) is 0 Å². The standard InChI is InChI=1S/C6H4F5N2/c7-5(8)4-1-2-12-13(4)3-6(9,10)11/h2,5H,3H2. The summed E-state index contributed by atoms with van der Waals surface area (Å²) >= 11 is 0. The van der Waals surface area contributed by atoms with Crippen molar-refractivity contribution in [2.45, 2.75) is 19.1 Å². The van der Waals surface area contributed by atoms with Crippen molar-refractivity contribution < 1.29 is 22.0 Å². The van der Waals surface area contributed by atoms with Gasteiger partial charge in [-0.05, 0) is 0 Å². The second-order valence-corrected chi connectivity index (χ2v) is 2.25. The van der Waals surface area contributed by atoms with Crippen LogP contribution in [-0.4, -0.2) is 16.0 Å². The molecule has 0 aliphatic rings. The van der Waals surface area contributed by atoms with E-state index in [-0.39, 0.29) is 4.68 Å². The molecule has 1 aromatic heterocycles. The number of hydrogen-bond acceptors (Lipinski definition) is 1. The zero-order valence-corrected chi connectivity index (χ0v) is 6.15. The topological polar surface area (TPSA) is 17.8 Å². The minimum absolute atomic E-state index is 0.185. The summed E-state index contributed by atoms with van der Waals surface area (Å²) in [5.74, 6) is 0. The molecule has 1 heterocycles. The summed E-state index contributed by atoms with van der Waals surface area (Å²) in [5.41, 5.74) is -0.850. The van der Waals surface area contributed by atoms with E-state index in [1.165, 1.54) is 0 Å². The summed E-state index contributed by atoms with van der Waals surface area (Å²) in [5, 5.41) is 3.08. The maximum atomic E-state index is 12.0. The Bertz CT molecular complexity index is 277. The van der Waals surface area contributed by atoms with Gasteiger partial charge < -0.3 is 0 Å². The van der Waals surface area contributed by atoms with Crippen LogP contribution in [0.3, 0.4) is 0 Å². The fourth-order valence-electron chi connectivity index (χ4n) is 0.773. The molecule has 0 saturated heterocycles. The highest BCUT2D eigenvalue weighted by Crippen LogP contribution is 2.22. The molecule has 0 bridgehead atoms. The fourth-order valence-corrected chi connectivity index (χ4v) is 0.773. The van der Waals surface area contributed by atoms with E-state index in [0.717, 1.165) is 6.20 Å². The monoisotopic (exact) mass is 199 g/mol. The molecule has 0 spiro atoms. The van der Waals surface area contributed by atoms with E-state index in [2.05, 4.69) is 5.10 Å². The van der Waals surface area contributed by atoms with Crippen LogP contribution >= 0.6 is 0 Å². The van der Waals surface area contributed by atoms with Crippen LogP contribution in [0.5, 0.6) is 0 Å². The van der Waals surface area contributed by atoms with Crippen molar-refractivity contribution in [3.05, 3.63) is 18.0 Å². The van der Waals surface area contributed by atoms with Crippen molar-refractivity contribution in [3.63, 3.8) is 0 Å².